The molecule has 0 heterocycles. The molecule has 1 nitrogen and oxygen atoms in total. The molecule has 0 atom stereocenters. The number of hydrogen-bond donors (Lipinski definition) is 2. The topological polar surface area (TPSA) is 26.0 Å². The first kappa shape index (κ1) is 9.66. The zero-order valence-corrected chi connectivity index (χ0v) is 7.38. The Balaban J connectivity index is 0.000000810. The normalized spacial score (nSPS) is 8.60. The third kappa shape index (κ3) is 1.82. The van der Waals surface area contributed by atoms with Crippen LogP contribution >= 0.6 is 25.0 Å². The van der Waals surface area contributed by atoms with Gasteiger partial charge in [-0.15, -0.1) is 25.0 Å². The van der Waals surface area contributed by atoms with Gasteiger partial charge in [-0.05, 0) is 18.6 Å². The van der Waals surface area contributed by atoms with Crippen LogP contribution < -0.4 is 5.73 Å². The summed E-state index contributed by atoms with van der Waals surface area (Å²) >= 11 is 4.19. The van der Waals surface area contributed by atoms with E-state index >= 15 is 0 Å². The first-order chi connectivity index (χ1) is 4.22. The van der Waals surface area contributed by atoms with Gasteiger partial charge in [-0.3, -0.25) is 0 Å². The molecule has 0 unspecified atom stereocenters. The van der Waals surface area contributed by atoms with Crippen LogP contribution in [0.4, 0.5) is 5.69 Å². The predicted molar refractivity (Wildman–Crippen MR) is 50.1 cm³/mol. The van der Waals surface area contributed by atoms with Crippen molar-refractivity contribution in [1.29, 1.82) is 0 Å². The van der Waals surface area contributed by atoms with E-state index < -0.39 is 0 Å². The van der Waals surface area contributed by atoms with E-state index in [1.54, 1.807) is 0 Å². The van der Waals surface area contributed by atoms with E-state index in [1.807, 2.05) is 25.1 Å². The maximum Gasteiger partial charge on any atom is 0.0452 e. The molecule has 10 heavy (non-hydrogen) atoms. The summed E-state index contributed by atoms with van der Waals surface area (Å²) in [5.41, 5.74) is 7.42. The van der Waals surface area contributed by atoms with Crippen LogP contribution in [0.1, 0.15) is 5.56 Å². The van der Waals surface area contributed by atoms with Crippen LogP contribution in [-0.4, -0.2) is 0 Å². The first-order valence-electron chi connectivity index (χ1n) is 2.76. The standard InChI is InChI=1S/C7H9NS.ClH/c1-5-3-2-4-6(8)7(5)9;/h2-4,9H,8H2,1H3;1H. The minimum Gasteiger partial charge on any atom is -0.398 e. The Morgan fingerprint density at radius 1 is 1.40 bits per heavy atom. The van der Waals surface area contributed by atoms with Gasteiger partial charge in [0.25, 0.3) is 0 Å². The molecule has 0 radical (unpaired) electrons. The molecule has 0 fully saturated rings. The lowest BCUT2D eigenvalue weighted by atomic mass is 10.2. The number of thiol groups is 1. The highest BCUT2D eigenvalue weighted by Crippen LogP contribution is 2.19. The van der Waals surface area contributed by atoms with Crippen LogP contribution in [0.15, 0.2) is 23.1 Å². The Labute approximate surface area is 72.4 Å². The van der Waals surface area contributed by atoms with Crippen molar-refractivity contribution in [2.75, 3.05) is 5.73 Å². The molecule has 0 aromatic heterocycles. The number of nitrogen functional groups attached to an aromatic ring is 1. The smallest absolute Gasteiger partial charge is 0.0452 e. The molecule has 1 aromatic rings. The zero-order chi connectivity index (χ0) is 6.85. The van der Waals surface area contributed by atoms with Crippen LogP contribution in [0, 0.1) is 6.92 Å². The Bertz CT molecular complexity index is 205. The number of rotatable bonds is 0. The van der Waals surface area contributed by atoms with Gasteiger partial charge >= 0.3 is 0 Å². The molecule has 0 amide bonds. The van der Waals surface area contributed by atoms with Gasteiger partial charge in [0.15, 0.2) is 0 Å². The van der Waals surface area contributed by atoms with E-state index in [4.69, 9.17) is 5.73 Å². The molecule has 56 valence electrons. The van der Waals surface area contributed by atoms with E-state index in [-0.39, 0.29) is 12.4 Å². The second-order valence-electron chi connectivity index (χ2n) is 2.01. The molecule has 0 aliphatic heterocycles. The molecule has 0 spiro atoms. The average molecular weight is 176 g/mol. The second-order valence-corrected chi connectivity index (χ2v) is 2.46. The van der Waals surface area contributed by atoms with Crippen LogP contribution in [0.3, 0.4) is 0 Å². The summed E-state index contributed by atoms with van der Waals surface area (Å²) in [5, 5.41) is 0. The molecule has 0 aliphatic carbocycles. The van der Waals surface area contributed by atoms with Gasteiger partial charge in [-0.2, -0.15) is 0 Å². The SMILES string of the molecule is Cc1cccc(N)c1S.Cl. The van der Waals surface area contributed by atoms with E-state index in [1.165, 1.54) is 0 Å². The molecule has 1 rings (SSSR count). The van der Waals surface area contributed by atoms with Crippen LogP contribution in [-0.2, 0) is 0 Å². The summed E-state index contributed by atoms with van der Waals surface area (Å²) in [6.07, 6.45) is 0. The number of aryl methyl sites for hydroxylation is 1. The van der Waals surface area contributed by atoms with Crippen molar-refractivity contribution < 1.29 is 0 Å². The molecule has 0 saturated carbocycles. The number of benzene rings is 1. The van der Waals surface area contributed by atoms with Gasteiger partial charge < -0.3 is 5.73 Å². The summed E-state index contributed by atoms with van der Waals surface area (Å²) in [7, 11) is 0. The summed E-state index contributed by atoms with van der Waals surface area (Å²) in [5.74, 6) is 0. The quantitative estimate of drug-likeness (QED) is 0.459. The lowest BCUT2D eigenvalue weighted by molar-refractivity contribution is 1.32. The zero-order valence-electron chi connectivity index (χ0n) is 5.66. The molecule has 0 bridgehead atoms. The van der Waals surface area contributed by atoms with Crippen molar-refractivity contribution in [2.45, 2.75) is 11.8 Å². The Morgan fingerprint density at radius 2 is 2.00 bits per heavy atom. The Hall–Kier alpha value is -0.340. The first-order valence-corrected chi connectivity index (χ1v) is 3.20. The fraction of sp³-hybridized carbons (Fsp3) is 0.143. The van der Waals surface area contributed by atoms with Gasteiger partial charge in [0.1, 0.15) is 0 Å². The fourth-order valence-electron chi connectivity index (χ4n) is 0.682. The number of hydrogen-bond acceptors (Lipinski definition) is 2. The van der Waals surface area contributed by atoms with Gasteiger partial charge in [0.05, 0.1) is 0 Å². The Kier molecular flexibility index (Phi) is 3.61. The minimum atomic E-state index is 0. The van der Waals surface area contributed by atoms with Gasteiger partial charge in [0.2, 0.25) is 0 Å². The maximum atomic E-state index is 5.54. The fourth-order valence-corrected chi connectivity index (χ4v) is 0.831. The van der Waals surface area contributed by atoms with Crippen LogP contribution in [0.2, 0.25) is 0 Å². The van der Waals surface area contributed by atoms with Crippen molar-refractivity contribution in [3.8, 4) is 0 Å². The van der Waals surface area contributed by atoms with Crippen molar-refractivity contribution >= 4 is 30.7 Å². The van der Waals surface area contributed by atoms with Crippen molar-refractivity contribution in [3.05, 3.63) is 23.8 Å². The van der Waals surface area contributed by atoms with Crippen molar-refractivity contribution in [2.24, 2.45) is 0 Å². The van der Waals surface area contributed by atoms with Gasteiger partial charge in [-0.25, -0.2) is 0 Å². The molecule has 1 aromatic carbocycles. The molecular formula is C7H10ClNS. The van der Waals surface area contributed by atoms with E-state index in [0.717, 1.165) is 16.1 Å². The molecule has 0 saturated heterocycles. The summed E-state index contributed by atoms with van der Waals surface area (Å²) < 4.78 is 0. The highest BCUT2D eigenvalue weighted by molar-refractivity contribution is 7.80. The molecular weight excluding hydrogens is 166 g/mol. The third-order valence-corrected chi connectivity index (χ3v) is 1.88. The van der Waals surface area contributed by atoms with E-state index in [2.05, 4.69) is 12.6 Å². The highest BCUT2D eigenvalue weighted by atomic mass is 35.5. The van der Waals surface area contributed by atoms with Crippen LogP contribution in [0.25, 0.3) is 0 Å². The minimum absolute atomic E-state index is 0. The van der Waals surface area contributed by atoms with Crippen molar-refractivity contribution in [3.63, 3.8) is 0 Å². The van der Waals surface area contributed by atoms with E-state index in [9.17, 15) is 0 Å². The Morgan fingerprint density at radius 3 is 2.40 bits per heavy atom. The maximum absolute atomic E-state index is 5.54. The monoisotopic (exact) mass is 175 g/mol. The molecule has 3 heteroatoms. The lowest BCUT2D eigenvalue weighted by Crippen LogP contribution is -1.87. The van der Waals surface area contributed by atoms with Gasteiger partial charge in [0, 0.05) is 10.6 Å². The van der Waals surface area contributed by atoms with Crippen LogP contribution in [0.5, 0.6) is 0 Å². The number of nitrogens with two attached hydrogens (primary N) is 1. The molecule has 2 N–H and O–H groups in total. The largest absolute Gasteiger partial charge is 0.398 e. The van der Waals surface area contributed by atoms with E-state index in [0.29, 0.717) is 0 Å². The molecule has 0 aliphatic rings. The highest BCUT2D eigenvalue weighted by Gasteiger charge is 1.93. The number of halogens is 1. The summed E-state index contributed by atoms with van der Waals surface area (Å²) in [4.78, 5) is 0.887. The third-order valence-electron chi connectivity index (χ3n) is 1.27. The second kappa shape index (κ2) is 3.74. The summed E-state index contributed by atoms with van der Waals surface area (Å²) in [6.45, 7) is 1.98. The summed E-state index contributed by atoms with van der Waals surface area (Å²) in [6, 6.07) is 5.75. The lowest BCUT2D eigenvalue weighted by Gasteiger charge is -1.99. The number of anilines is 1. The average Bonchev–Trinajstić information content (AvgIpc) is 1.83. The van der Waals surface area contributed by atoms with Gasteiger partial charge in [-0.1, -0.05) is 12.1 Å². The predicted octanol–water partition coefficient (Wildman–Crippen LogP) is 2.29. The van der Waals surface area contributed by atoms with Crippen molar-refractivity contribution in [1.82, 2.24) is 0 Å².